The van der Waals surface area contributed by atoms with Crippen LogP contribution in [-0.2, 0) is 0 Å². The van der Waals surface area contributed by atoms with E-state index in [0.29, 0.717) is 12.0 Å². The van der Waals surface area contributed by atoms with Gasteiger partial charge in [-0.05, 0) is 68.8 Å². The van der Waals surface area contributed by atoms with Crippen LogP contribution in [0.2, 0.25) is 0 Å². The third kappa shape index (κ3) is 3.85. The Hall–Kier alpha value is -0.820. The number of aryl methyl sites for hydroxylation is 3. The molecule has 0 bridgehead atoms. The first-order chi connectivity index (χ1) is 7.95. The van der Waals surface area contributed by atoms with Gasteiger partial charge in [0.25, 0.3) is 0 Å². The van der Waals surface area contributed by atoms with Crippen molar-refractivity contribution >= 4 is 0 Å². The average Bonchev–Trinajstić information content (AvgIpc) is 2.23. The standard InChI is InChI=1S/C16H27N/c1-7-17-15(6)9-14(5)16-10-12(3)11(2)8-13(16)4/h8,10,14-15,17H,7,9H2,1-6H3. The van der Waals surface area contributed by atoms with Gasteiger partial charge in [0.05, 0.1) is 0 Å². The van der Waals surface area contributed by atoms with Crippen LogP contribution in [0.5, 0.6) is 0 Å². The van der Waals surface area contributed by atoms with Crippen LogP contribution in [0.1, 0.15) is 55.4 Å². The molecule has 2 atom stereocenters. The van der Waals surface area contributed by atoms with Gasteiger partial charge in [-0.3, -0.25) is 0 Å². The van der Waals surface area contributed by atoms with E-state index >= 15 is 0 Å². The van der Waals surface area contributed by atoms with E-state index in [4.69, 9.17) is 0 Å². The average molecular weight is 233 g/mol. The molecule has 0 radical (unpaired) electrons. The van der Waals surface area contributed by atoms with Gasteiger partial charge in [0.15, 0.2) is 0 Å². The molecule has 0 saturated carbocycles. The number of nitrogens with one attached hydrogen (secondary N) is 1. The van der Waals surface area contributed by atoms with Crippen molar-refractivity contribution in [1.29, 1.82) is 0 Å². The zero-order valence-electron chi connectivity index (χ0n) is 12.2. The molecule has 1 heteroatoms. The molecule has 17 heavy (non-hydrogen) atoms. The van der Waals surface area contributed by atoms with E-state index in [1.54, 1.807) is 0 Å². The van der Waals surface area contributed by atoms with E-state index in [0.717, 1.165) is 6.54 Å². The topological polar surface area (TPSA) is 12.0 Å². The first-order valence-corrected chi connectivity index (χ1v) is 6.76. The summed E-state index contributed by atoms with van der Waals surface area (Å²) in [6.07, 6.45) is 1.21. The van der Waals surface area contributed by atoms with Gasteiger partial charge in [0, 0.05) is 6.04 Å². The summed E-state index contributed by atoms with van der Waals surface area (Å²) < 4.78 is 0. The Morgan fingerprint density at radius 2 is 1.59 bits per heavy atom. The van der Waals surface area contributed by atoms with Gasteiger partial charge < -0.3 is 5.32 Å². The molecule has 0 saturated heterocycles. The zero-order chi connectivity index (χ0) is 13.0. The van der Waals surface area contributed by atoms with Crippen molar-refractivity contribution in [2.24, 2.45) is 0 Å². The quantitative estimate of drug-likeness (QED) is 0.807. The predicted octanol–water partition coefficient (Wildman–Crippen LogP) is 4.10. The van der Waals surface area contributed by atoms with E-state index in [2.05, 4.69) is 59.0 Å². The lowest BCUT2D eigenvalue weighted by atomic mass is 9.88. The summed E-state index contributed by atoms with van der Waals surface area (Å²) in [7, 11) is 0. The molecule has 0 aromatic heterocycles. The van der Waals surface area contributed by atoms with Gasteiger partial charge in [0.1, 0.15) is 0 Å². The second-order valence-electron chi connectivity index (χ2n) is 5.39. The monoisotopic (exact) mass is 233 g/mol. The molecule has 0 spiro atoms. The van der Waals surface area contributed by atoms with E-state index in [1.807, 2.05) is 0 Å². The van der Waals surface area contributed by atoms with E-state index in [-0.39, 0.29) is 0 Å². The molecular weight excluding hydrogens is 206 g/mol. The lowest BCUT2D eigenvalue weighted by Gasteiger charge is -2.21. The molecule has 0 aliphatic rings. The number of hydrogen-bond acceptors (Lipinski definition) is 1. The van der Waals surface area contributed by atoms with Gasteiger partial charge in [-0.15, -0.1) is 0 Å². The summed E-state index contributed by atoms with van der Waals surface area (Å²) in [6.45, 7) is 14.5. The molecule has 0 heterocycles. The molecule has 1 nitrogen and oxygen atoms in total. The molecule has 1 N–H and O–H groups in total. The Morgan fingerprint density at radius 3 is 2.18 bits per heavy atom. The Balaban J connectivity index is 2.81. The van der Waals surface area contributed by atoms with Crippen molar-refractivity contribution < 1.29 is 0 Å². The van der Waals surface area contributed by atoms with Crippen LogP contribution >= 0.6 is 0 Å². The second-order valence-corrected chi connectivity index (χ2v) is 5.39. The van der Waals surface area contributed by atoms with Crippen LogP contribution in [-0.4, -0.2) is 12.6 Å². The van der Waals surface area contributed by atoms with Gasteiger partial charge in [-0.25, -0.2) is 0 Å². The highest BCUT2D eigenvalue weighted by atomic mass is 14.9. The normalized spacial score (nSPS) is 14.7. The minimum atomic E-state index is 0.594. The number of hydrogen-bond donors (Lipinski definition) is 1. The summed E-state index contributed by atoms with van der Waals surface area (Å²) in [6, 6.07) is 5.28. The van der Waals surface area contributed by atoms with Crippen molar-refractivity contribution in [3.63, 3.8) is 0 Å². The second kappa shape index (κ2) is 6.20. The Morgan fingerprint density at radius 1 is 1.00 bits per heavy atom. The summed E-state index contributed by atoms with van der Waals surface area (Å²) >= 11 is 0. The van der Waals surface area contributed by atoms with Gasteiger partial charge in [-0.1, -0.05) is 26.0 Å². The molecule has 0 aliphatic carbocycles. The first-order valence-electron chi connectivity index (χ1n) is 6.76. The summed E-state index contributed by atoms with van der Waals surface area (Å²) in [5.74, 6) is 0.628. The highest BCUT2D eigenvalue weighted by Gasteiger charge is 2.13. The molecule has 1 aromatic rings. The minimum absolute atomic E-state index is 0.594. The SMILES string of the molecule is CCNC(C)CC(C)c1cc(C)c(C)cc1C. The highest BCUT2D eigenvalue weighted by molar-refractivity contribution is 5.38. The summed E-state index contributed by atoms with van der Waals surface area (Å²) in [5.41, 5.74) is 5.76. The van der Waals surface area contributed by atoms with Crippen molar-refractivity contribution in [2.75, 3.05) is 6.54 Å². The molecule has 0 amide bonds. The molecular formula is C16H27N. The first kappa shape index (κ1) is 14.2. The van der Waals surface area contributed by atoms with E-state index in [1.165, 1.54) is 28.7 Å². The Bertz CT molecular complexity index is 368. The molecule has 96 valence electrons. The van der Waals surface area contributed by atoms with Crippen molar-refractivity contribution in [3.05, 3.63) is 34.4 Å². The fourth-order valence-corrected chi connectivity index (χ4v) is 2.60. The summed E-state index contributed by atoms with van der Waals surface area (Å²) in [5, 5.41) is 3.49. The zero-order valence-corrected chi connectivity index (χ0v) is 12.2. The molecule has 2 unspecified atom stereocenters. The third-order valence-electron chi connectivity index (χ3n) is 3.67. The van der Waals surface area contributed by atoms with Crippen LogP contribution in [0.4, 0.5) is 0 Å². The van der Waals surface area contributed by atoms with Gasteiger partial charge >= 0.3 is 0 Å². The highest BCUT2D eigenvalue weighted by Crippen LogP contribution is 2.26. The fraction of sp³-hybridized carbons (Fsp3) is 0.625. The largest absolute Gasteiger partial charge is 0.315 e. The third-order valence-corrected chi connectivity index (χ3v) is 3.67. The summed E-state index contributed by atoms with van der Waals surface area (Å²) in [4.78, 5) is 0. The number of benzene rings is 1. The van der Waals surface area contributed by atoms with Gasteiger partial charge in [-0.2, -0.15) is 0 Å². The smallest absolute Gasteiger partial charge is 0.00443 e. The van der Waals surface area contributed by atoms with E-state index in [9.17, 15) is 0 Å². The maximum absolute atomic E-state index is 3.49. The van der Waals surface area contributed by atoms with E-state index < -0.39 is 0 Å². The lowest BCUT2D eigenvalue weighted by molar-refractivity contribution is 0.490. The predicted molar refractivity (Wildman–Crippen MR) is 76.8 cm³/mol. The minimum Gasteiger partial charge on any atom is -0.315 e. The molecule has 0 fully saturated rings. The van der Waals surface area contributed by atoms with Crippen LogP contribution in [0.15, 0.2) is 12.1 Å². The van der Waals surface area contributed by atoms with Crippen molar-refractivity contribution in [2.45, 2.75) is 59.9 Å². The molecule has 0 aliphatic heterocycles. The van der Waals surface area contributed by atoms with Crippen LogP contribution in [0.25, 0.3) is 0 Å². The van der Waals surface area contributed by atoms with Crippen LogP contribution in [0.3, 0.4) is 0 Å². The van der Waals surface area contributed by atoms with Crippen molar-refractivity contribution in [1.82, 2.24) is 5.32 Å². The van der Waals surface area contributed by atoms with Gasteiger partial charge in [0.2, 0.25) is 0 Å². The molecule has 1 rings (SSSR count). The lowest BCUT2D eigenvalue weighted by Crippen LogP contribution is -2.27. The Labute approximate surface area is 107 Å². The maximum atomic E-state index is 3.49. The van der Waals surface area contributed by atoms with Crippen LogP contribution < -0.4 is 5.32 Å². The number of rotatable bonds is 5. The fourth-order valence-electron chi connectivity index (χ4n) is 2.60. The Kier molecular flexibility index (Phi) is 5.20. The van der Waals surface area contributed by atoms with Crippen molar-refractivity contribution in [3.8, 4) is 0 Å². The van der Waals surface area contributed by atoms with Crippen LogP contribution in [0, 0.1) is 20.8 Å². The maximum Gasteiger partial charge on any atom is 0.00443 e. The molecule has 1 aromatic carbocycles.